The molecule has 5 nitrogen and oxygen atoms in total. The summed E-state index contributed by atoms with van der Waals surface area (Å²) in [6, 6.07) is 8.14. The minimum Gasteiger partial charge on any atom is -0.459 e. The molecule has 0 bridgehead atoms. The highest BCUT2D eigenvalue weighted by Crippen LogP contribution is 2.30. The van der Waals surface area contributed by atoms with Gasteiger partial charge in [0.05, 0.1) is 12.0 Å². The Morgan fingerprint density at radius 2 is 2.12 bits per heavy atom. The van der Waals surface area contributed by atoms with Crippen LogP contribution in [0.25, 0.3) is 0 Å². The second-order valence-corrected chi connectivity index (χ2v) is 5.73. The lowest BCUT2D eigenvalue weighted by atomic mass is 10.0. The molecular weight excluding hydrogens is 311 g/mol. The van der Waals surface area contributed by atoms with Gasteiger partial charge in [0.25, 0.3) is 5.91 Å². The van der Waals surface area contributed by atoms with E-state index in [1.807, 2.05) is 6.07 Å². The van der Waals surface area contributed by atoms with E-state index in [1.54, 1.807) is 18.2 Å². The Morgan fingerprint density at radius 3 is 2.92 bits per heavy atom. The number of anilines is 1. The summed E-state index contributed by atoms with van der Waals surface area (Å²) < 4.78 is 19.1. The van der Waals surface area contributed by atoms with E-state index in [-0.39, 0.29) is 29.8 Å². The van der Waals surface area contributed by atoms with Gasteiger partial charge in [-0.15, -0.1) is 0 Å². The lowest BCUT2D eigenvalue weighted by Crippen LogP contribution is -2.36. The second-order valence-electron chi connectivity index (χ2n) is 5.73. The molecule has 2 heterocycles. The van der Waals surface area contributed by atoms with Gasteiger partial charge in [0.2, 0.25) is 5.91 Å². The summed E-state index contributed by atoms with van der Waals surface area (Å²) in [5.41, 5.74) is 1.29. The quantitative estimate of drug-likeness (QED) is 0.858. The molecule has 0 atom stereocenters. The van der Waals surface area contributed by atoms with E-state index in [4.69, 9.17) is 4.42 Å². The highest BCUT2D eigenvalue weighted by atomic mass is 19.1. The summed E-state index contributed by atoms with van der Waals surface area (Å²) >= 11 is 0. The van der Waals surface area contributed by atoms with Crippen LogP contribution in [0.3, 0.4) is 0 Å². The van der Waals surface area contributed by atoms with E-state index in [9.17, 15) is 14.0 Å². The molecule has 3 rings (SSSR count). The van der Waals surface area contributed by atoms with Gasteiger partial charge in [0.15, 0.2) is 5.76 Å². The Labute approximate surface area is 139 Å². The Morgan fingerprint density at radius 1 is 1.25 bits per heavy atom. The highest BCUT2D eigenvalue weighted by Gasteiger charge is 2.25. The highest BCUT2D eigenvalue weighted by molar-refractivity contribution is 5.95. The van der Waals surface area contributed by atoms with Crippen molar-refractivity contribution in [3.8, 4) is 0 Å². The number of carbonyl (C=O) groups excluding carboxylic acids is 2. The predicted molar refractivity (Wildman–Crippen MR) is 87.3 cm³/mol. The molecule has 24 heavy (non-hydrogen) atoms. The van der Waals surface area contributed by atoms with Crippen LogP contribution < -0.4 is 10.2 Å². The number of aryl methyl sites for hydroxylation is 1. The lowest BCUT2D eigenvalue weighted by Gasteiger charge is -2.30. The number of rotatable bonds is 5. The van der Waals surface area contributed by atoms with Crippen LogP contribution in [0.4, 0.5) is 10.1 Å². The molecule has 0 unspecified atom stereocenters. The third kappa shape index (κ3) is 3.48. The molecule has 2 aromatic rings. The van der Waals surface area contributed by atoms with Gasteiger partial charge in [-0.2, -0.15) is 0 Å². The fourth-order valence-corrected chi connectivity index (χ4v) is 2.92. The summed E-state index contributed by atoms with van der Waals surface area (Å²) in [7, 11) is 0. The molecule has 0 fully saturated rings. The smallest absolute Gasteiger partial charge is 0.286 e. The van der Waals surface area contributed by atoms with Crippen molar-refractivity contribution in [2.24, 2.45) is 0 Å². The van der Waals surface area contributed by atoms with Crippen molar-refractivity contribution in [1.82, 2.24) is 5.32 Å². The Balaban J connectivity index is 1.52. The minimum absolute atomic E-state index is 0.117. The standard InChI is InChI=1S/C18H19FN2O3/c19-14-7-1-5-13-6-3-11-21(17(13)14)16(22)9-2-10-20-18(23)15-8-4-12-24-15/h1,4-5,7-8,12H,2-3,6,9-11H2,(H,20,23). The summed E-state index contributed by atoms with van der Waals surface area (Å²) in [5, 5.41) is 2.70. The van der Waals surface area contributed by atoms with Gasteiger partial charge >= 0.3 is 0 Å². The fourth-order valence-electron chi connectivity index (χ4n) is 2.92. The van der Waals surface area contributed by atoms with Crippen LogP contribution in [0, 0.1) is 5.82 Å². The summed E-state index contributed by atoms with van der Waals surface area (Å²) in [4.78, 5) is 25.7. The number of hydrogen-bond acceptors (Lipinski definition) is 3. The molecule has 0 spiro atoms. The molecule has 0 saturated heterocycles. The molecule has 1 aliphatic heterocycles. The minimum atomic E-state index is -0.355. The first kappa shape index (κ1) is 16.2. The molecule has 1 aromatic carbocycles. The molecule has 2 amide bonds. The maximum atomic E-state index is 14.1. The van der Waals surface area contributed by atoms with E-state index >= 15 is 0 Å². The van der Waals surface area contributed by atoms with E-state index in [0.29, 0.717) is 25.2 Å². The third-order valence-corrected chi connectivity index (χ3v) is 4.07. The topological polar surface area (TPSA) is 62.6 Å². The summed E-state index contributed by atoms with van der Waals surface area (Å²) in [5.74, 6) is -0.532. The van der Waals surface area contributed by atoms with E-state index in [0.717, 1.165) is 18.4 Å². The molecule has 0 aliphatic carbocycles. The zero-order valence-corrected chi connectivity index (χ0v) is 13.3. The molecular formula is C18H19FN2O3. The average Bonchev–Trinajstić information content (AvgIpc) is 3.13. The number of halogens is 1. The number of amides is 2. The number of nitrogens with one attached hydrogen (secondary N) is 1. The number of benzene rings is 1. The van der Waals surface area contributed by atoms with Crippen molar-refractivity contribution < 1.29 is 18.4 Å². The maximum Gasteiger partial charge on any atom is 0.286 e. The van der Waals surface area contributed by atoms with Crippen LogP contribution in [-0.2, 0) is 11.2 Å². The number of fused-ring (bicyclic) bond motifs is 1. The normalized spacial score (nSPS) is 13.5. The van der Waals surface area contributed by atoms with Crippen LogP contribution >= 0.6 is 0 Å². The first-order valence-corrected chi connectivity index (χ1v) is 8.06. The van der Waals surface area contributed by atoms with E-state index in [2.05, 4.69) is 5.32 Å². The largest absolute Gasteiger partial charge is 0.459 e. The van der Waals surface area contributed by atoms with Gasteiger partial charge in [-0.3, -0.25) is 9.59 Å². The molecule has 0 radical (unpaired) electrons. The van der Waals surface area contributed by atoms with Gasteiger partial charge in [0, 0.05) is 19.5 Å². The maximum absolute atomic E-state index is 14.1. The van der Waals surface area contributed by atoms with Crippen molar-refractivity contribution in [2.45, 2.75) is 25.7 Å². The monoisotopic (exact) mass is 330 g/mol. The number of carbonyl (C=O) groups is 2. The number of para-hydroxylation sites is 1. The van der Waals surface area contributed by atoms with Gasteiger partial charge < -0.3 is 14.6 Å². The lowest BCUT2D eigenvalue weighted by molar-refractivity contribution is -0.118. The third-order valence-electron chi connectivity index (χ3n) is 4.07. The molecule has 126 valence electrons. The average molecular weight is 330 g/mol. The van der Waals surface area contributed by atoms with Crippen LogP contribution in [0.2, 0.25) is 0 Å². The van der Waals surface area contributed by atoms with Crippen LogP contribution in [-0.4, -0.2) is 24.9 Å². The summed E-state index contributed by atoms with van der Waals surface area (Å²) in [6.45, 7) is 0.898. The Hall–Kier alpha value is -2.63. The van der Waals surface area contributed by atoms with Gasteiger partial charge in [0.1, 0.15) is 5.82 Å². The van der Waals surface area contributed by atoms with Gasteiger partial charge in [-0.1, -0.05) is 12.1 Å². The summed E-state index contributed by atoms with van der Waals surface area (Å²) in [6.07, 6.45) is 3.80. The first-order valence-electron chi connectivity index (χ1n) is 8.06. The van der Waals surface area contributed by atoms with Crippen molar-refractivity contribution in [3.05, 3.63) is 53.7 Å². The Bertz CT molecular complexity index is 728. The van der Waals surface area contributed by atoms with Gasteiger partial charge in [-0.05, 0) is 43.0 Å². The SMILES string of the molecule is O=C(NCCCC(=O)N1CCCc2cccc(F)c21)c1ccco1. The van der Waals surface area contributed by atoms with Crippen molar-refractivity contribution in [3.63, 3.8) is 0 Å². The van der Waals surface area contributed by atoms with E-state index in [1.165, 1.54) is 17.2 Å². The number of hydrogen-bond donors (Lipinski definition) is 1. The number of furan rings is 1. The zero-order valence-electron chi connectivity index (χ0n) is 13.3. The molecule has 1 N–H and O–H groups in total. The zero-order chi connectivity index (χ0) is 16.9. The van der Waals surface area contributed by atoms with Crippen LogP contribution in [0.5, 0.6) is 0 Å². The van der Waals surface area contributed by atoms with Crippen LogP contribution in [0.15, 0.2) is 41.0 Å². The van der Waals surface area contributed by atoms with Crippen LogP contribution in [0.1, 0.15) is 35.4 Å². The van der Waals surface area contributed by atoms with E-state index < -0.39 is 0 Å². The van der Waals surface area contributed by atoms with Crippen molar-refractivity contribution in [1.29, 1.82) is 0 Å². The second kappa shape index (κ2) is 7.29. The molecule has 6 heteroatoms. The molecule has 0 saturated carbocycles. The van der Waals surface area contributed by atoms with Crippen molar-refractivity contribution >= 4 is 17.5 Å². The fraction of sp³-hybridized carbons (Fsp3) is 0.333. The molecule has 1 aromatic heterocycles. The Kier molecular flexibility index (Phi) is 4.93. The van der Waals surface area contributed by atoms with Crippen molar-refractivity contribution in [2.75, 3.05) is 18.0 Å². The van der Waals surface area contributed by atoms with Gasteiger partial charge in [-0.25, -0.2) is 4.39 Å². The first-order chi connectivity index (χ1) is 11.7. The molecule has 1 aliphatic rings. The number of nitrogens with zero attached hydrogens (tertiary/aromatic N) is 1. The predicted octanol–water partition coefficient (Wildman–Crippen LogP) is 2.91.